The molecule has 0 aliphatic heterocycles. The lowest BCUT2D eigenvalue weighted by Gasteiger charge is -2.19. The third-order valence-corrected chi connectivity index (χ3v) is 4.56. The van der Waals surface area contributed by atoms with E-state index in [2.05, 4.69) is 20.9 Å². The number of halogens is 1. The molecule has 0 N–H and O–H groups in total. The van der Waals surface area contributed by atoms with Crippen LogP contribution in [0.3, 0.4) is 0 Å². The number of hydrogen-bond acceptors (Lipinski definition) is 3. The van der Waals surface area contributed by atoms with Crippen LogP contribution < -0.4 is 0 Å². The summed E-state index contributed by atoms with van der Waals surface area (Å²) in [5, 5.41) is 0.928. The number of carbonyl (C=O) groups is 1. The van der Waals surface area contributed by atoms with Crippen molar-refractivity contribution in [2.24, 2.45) is 5.92 Å². The zero-order valence-electron chi connectivity index (χ0n) is 9.69. The van der Waals surface area contributed by atoms with E-state index in [4.69, 9.17) is 0 Å². The number of carbonyl (C=O) groups excluding carboxylic acids is 1. The molecular weight excluding hydrogens is 298 g/mol. The van der Waals surface area contributed by atoms with E-state index in [1.54, 1.807) is 18.0 Å². The Morgan fingerprint density at radius 2 is 2.12 bits per heavy atom. The summed E-state index contributed by atoms with van der Waals surface area (Å²) in [5.74, 6) is 1.28. The van der Waals surface area contributed by atoms with Gasteiger partial charge < -0.3 is 0 Å². The average Bonchev–Trinajstić information content (AvgIpc) is 2.39. The fraction of sp³-hybridized carbons (Fsp3) is 0.538. The molecule has 0 spiro atoms. The number of hydrogen-bond donors (Lipinski definition) is 0. The minimum atomic E-state index is 0.312. The van der Waals surface area contributed by atoms with Gasteiger partial charge in [-0.1, -0.05) is 31.0 Å². The van der Waals surface area contributed by atoms with Crippen molar-refractivity contribution in [3.05, 3.63) is 22.8 Å². The number of nitrogens with zero attached hydrogens (tertiary/aromatic N) is 1. The van der Waals surface area contributed by atoms with Crippen molar-refractivity contribution >= 4 is 33.5 Å². The maximum Gasteiger partial charge on any atom is 0.146 e. The molecule has 17 heavy (non-hydrogen) atoms. The lowest BCUT2D eigenvalue weighted by Crippen LogP contribution is -2.19. The number of pyridine rings is 1. The summed E-state index contributed by atoms with van der Waals surface area (Å²) in [6, 6.07) is 3.91. The van der Waals surface area contributed by atoms with Gasteiger partial charge in [0.1, 0.15) is 5.78 Å². The SMILES string of the molecule is O=C(CSc1ccc(Br)cn1)C1CCCCC1. The van der Waals surface area contributed by atoms with Crippen LogP contribution in [0.15, 0.2) is 27.8 Å². The highest BCUT2D eigenvalue weighted by atomic mass is 79.9. The van der Waals surface area contributed by atoms with Crippen molar-refractivity contribution in [3.8, 4) is 0 Å². The molecule has 0 unspecified atom stereocenters. The quantitative estimate of drug-likeness (QED) is 0.784. The van der Waals surface area contributed by atoms with Crippen LogP contribution in [0.2, 0.25) is 0 Å². The van der Waals surface area contributed by atoms with Crippen LogP contribution in [-0.4, -0.2) is 16.5 Å². The first-order valence-corrected chi connectivity index (χ1v) is 7.80. The zero-order valence-corrected chi connectivity index (χ0v) is 12.1. The van der Waals surface area contributed by atoms with E-state index in [1.807, 2.05) is 12.1 Å². The molecule has 1 fully saturated rings. The van der Waals surface area contributed by atoms with Crippen molar-refractivity contribution in [2.45, 2.75) is 37.1 Å². The Labute approximate surface area is 115 Å². The molecule has 1 aromatic rings. The number of aromatic nitrogens is 1. The summed E-state index contributed by atoms with van der Waals surface area (Å²) in [4.78, 5) is 16.2. The lowest BCUT2D eigenvalue weighted by atomic mass is 9.87. The van der Waals surface area contributed by atoms with Crippen LogP contribution in [0.1, 0.15) is 32.1 Å². The van der Waals surface area contributed by atoms with Crippen molar-refractivity contribution in [3.63, 3.8) is 0 Å². The van der Waals surface area contributed by atoms with Gasteiger partial charge in [0.15, 0.2) is 0 Å². The minimum Gasteiger partial charge on any atom is -0.298 e. The third-order valence-electron chi connectivity index (χ3n) is 3.12. The van der Waals surface area contributed by atoms with Gasteiger partial charge in [0, 0.05) is 16.6 Å². The molecular formula is C13H16BrNOS. The monoisotopic (exact) mass is 313 g/mol. The summed E-state index contributed by atoms with van der Waals surface area (Å²) < 4.78 is 0.973. The molecule has 0 amide bonds. The first-order chi connectivity index (χ1) is 8.25. The maximum absolute atomic E-state index is 12.0. The van der Waals surface area contributed by atoms with E-state index in [0.717, 1.165) is 22.3 Å². The van der Waals surface area contributed by atoms with Crippen molar-refractivity contribution in [1.29, 1.82) is 0 Å². The highest BCUT2D eigenvalue weighted by Gasteiger charge is 2.20. The van der Waals surface area contributed by atoms with Gasteiger partial charge >= 0.3 is 0 Å². The second kappa shape index (κ2) is 6.55. The fourth-order valence-corrected chi connectivity index (χ4v) is 3.19. The summed E-state index contributed by atoms with van der Waals surface area (Å²) >= 11 is 4.90. The molecule has 1 saturated carbocycles. The number of rotatable bonds is 4. The van der Waals surface area contributed by atoms with Gasteiger partial charge in [0.05, 0.1) is 10.8 Å². The van der Waals surface area contributed by atoms with Crippen LogP contribution in [-0.2, 0) is 4.79 Å². The Bertz CT molecular complexity index is 374. The first kappa shape index (κ1) is 13.1. The molecule has 1 heterocycles. The molecule has 2 rings (SSSR count). The Morgan fingerprint density at radius 1 is 1.35 bits per heavy atom. The van der Waals surface area contributed by atoms with Gasteiger partial charge in [-0.3, -0.25) is 4.79 Å². The van der Waals surface area contributed by atoms with E-state index >= 15 is 0 Å². The number of thioether (sulfide) groups is 1. The number of ketones is 1. The van der Waals surface area contributed by atoms with Crippen LogP contribution in [0.5, 0.6) is 0 Å². The van der Waals surface area contributed by atoms with Crippen LogP contribution in [0.25, 0.3) is 0 Å². The molecule has 4 heteroatoms. The van der Waals surface area contributed by atoms with Crippen LogP contribution in [0, 0.1) is 5.92 Å². The molecule has 1 aromatic heterocycles. The lowest BCUT2D eigenvalue weighted by molar-refractivity contribution is -0.121. The predicted octanol–water partition coefficient (Wildman–Crippen LogP) is 4.09. The van der Waals surface area contributed by atoms with E-state index in [1.165, 1.54) is 19.3 Å². The second-order valence-corrected chi connectivity index (χ2v) is 6.32. The van der Waals surface area contributed by atoms with Crippen LogP contribution >= 0.6 is 27.7 Å². The predicted molar refractivity (Wildman–Crippen MR) is 74.2 cm³/mol. The number of Topliss-reactive ketones (excluding diaryl/α,β-unsaturated/α-hetero) is 1. The summed E-state index contributed by atoms with van der Waals surface area (Å²) in [7, 11) is 0. The van der Waals surface area contributed by atoms with Crippen molar-refractivity contribution in [2.75, 3.05) is 5.75 Å². The molecule has 1 aliphatic carbocycles. The summed E-state index contributed by atoms with van der Waals surface area (Å²) in [6.45, 7) is 0. The molecule has 0 radical (unpaired) electrons. The van der Waals surface area contributed by atoms with Gasteiger partial charge in [-0.25, -0.2) is 4.98 Å². The van der Waals surface area contributed by atoms with Crippen molar-refractivity contribution < 1.29 is 4.79 Å². The molecule has 0 aromatic carbocycles. The van der Waals surface area contributed by atoms with E-state index in [0.29, 0.717) is 17.5 Å². The average molecular weight is 314 g/mol. The van der Waals surface area contributed by atoms with Gasteiger partial charge in [-0.05, 0) is 40.9 Å². The Morgan fingerprint density at radius 3 is 2.76 bits per heavy atom. The molecule has 92 valence electrons. The Balaban J connectivity index is 1.81. The molecule has 2 nitrogen and oxygen atoms in total. The normalized spacial score (nSPS) is 17.0. The summed E-state index contributed by atoms with van der Waals surface area (Å²) in [5.41, 5.74) is 0. The van der Waals surface area contributed by atoms with Crippen molar-refractivity contribution in [1.82, 2.24) is 4.98 Å². The molecule has 0 saturated heterocycles. The van der Waals surface area contributed by atoms with Gasteiger partial charge in [-0.15, -0.1) is 0 Å². The van der Waals surface area contributed by atoms with E-state index in [9.17, 15) is 4.79 Å². The largest absolute Gasteiger partial charge is 0.298 e. The van der Waals surface area contributed by atoms with E-state index in [-0.39, 0.29) is 0 Å². The van der Waals surface area contributed by atoms with Gasteiger partial charge in [0.25, 0.3) is 0 Å². The standard InChI is InChI=1S/C13H16BrNOS/c14-11-6-7-13(15-8-11)17-9-12(16)10-4-2-1-3-5-10/h6-8,10H,1-5,9H2. The first-order valence-electron chi connectivity index (χ1n) is 6.03. The topological polar surface area (TPSA) is 30.0 Å². The highest BCUT2D eigenvalue weighted by molar-refractivity contribution is 9.10. The Kier molecular flexibility index (Phi) is 5.04. The van der Waals surface area contributed by atoms with Gasteiger partial charge in [-0.2, -0.15) is 0 Å². The minimum absolute atomic E-state index is 0.312. The highest BCUT2D eigenvalue weighted by Crippen LogP contribution is 2.26. The fourth-order valence-electron chi connectivity index (χ4n) is 2.14. The smallest absolute Gasteiger partial charge is 0.146 e. The van der Waals surface area contributed by atoms with Gasteiger partial charge in [0.2, 0.25) is 0 Å². The molecule has 1 aliphatic rings. The maximum atomic E-state index is 12.0. The Hall–Kier alpha value is -0.350. The van der Waals surface area contributed by atoms with Crippen LogP contribution in [0.4, 0.5) is 0 Å². The second-order valence-electron chi connectivity index (χ2n) is 4.40. The van der Waals surface area contributed by atoms with E-state index < -0.39 is 0 Å². The summed E-state index contributed by atoms with van der Waals surface area (Å²) in [6.07, 6.45) is 7.69. The zero-order chi connectivity index (χ0) is 12.1. The molecule has 0 bridgehead atoms. The third kappa shape index (κ3) is 4.11. The molecule has 0 atom stereocenters.